The summed E-state index contributed by atoms with van der Waals surface area (Å²) in [5.41, 5.74) is -0.755. The zero-order valence-electron chi connectivity index (χ0n) is 16.9. The average Bonchev–Trinajstić information content (AvgIpc) is 2.79. The van der Waals surface area contributed by atoms with Gasteiger partial charge in [0.1, 0.15) is 18.9 Å². The van der Waals surface area contributed by atoms with E-state index in [1.165, 1.54) is 0 Å². The highest BCUT2D eigenvalue weighted by Crippen LogP contribution is 2.15. The Bertz CT molecular complexity index is 1180. The number of hydrogen-bond acceptors (Lipinski definition) is 5. The van der Waals surface area contributed by atoms with Gasteiger partial charge in [-0.15, -0.1) is 0 Å². The summed E-state index contributed by atoms with van der Waals surface area (Å²) >= 11 is 5.87. The third kappa shape index (κ3) is 4.98. The second-order valence-electron chi connectivity index (χ2n) is 7.40. The van der Waals surface area contributed by atoms with Crippen molar-refractivity contribution in [1.82, 2.24) is 19.6 Å². The summed E-state index contributed by atoms with van der Waals surface area (Å²) in [5.74, 6) is 0.582. The van der Waals surface area contributed by atoms with Crippen molar-refractivity contribution >= 4 is 28.3 Å². The molecular weight excluding hydrogens is 420 g/mol. The Morgan fingerprint density at radius 1 is 0.968 bits per heavy atom. The van der Waals surface area contributed by atoms with Gasteiger partial charge < -0.3 is 9.64 Å². The third-order valence-corrected chi connectivity index (χ3v) is 5.64. The molecule has 2 heterocycles. The van der Waals surface area contributed by atoms with Crippen molar-refractivity contribution in [3.05, 3.63) is 74.3 Å². The lowest BCUT2D eigenvalue weighted by molar-refractivity contribution is -0.133. The molecule has 8 nitrogen and oxygen atoms in total. The molecule has 1 saturated heterocycles. The van der Waals surface area contributed by atoms with Crippen LogP contribution in [0.5, 0.6) is 5.75 Å². The van der Waals surface area contributed by atoms with E-state index in [1.807, 2.05) is 12.1 Å². The van der Waals surface area contributed by atoms with Gasteiger partial charge in [-0.3, -0.25) is 24.4 Å². The van der Waals surface area contributed by atoms with Crippen LogP contribution in [0.25, 0.3) is 10.8 Å². The van der Waals surface area contributed by atoms with Crippen LogP contribution < -0.4 is 15.9 Å². The number of piperazine rings is 1. The Hall–Kier alpha value is -3.10. The lowest BCUT2D eigenvalue weighted by atomic mass is 10.2. The number of aromatic amines is 1. The molecule has 0 spiro atoms. The Morgan fingerprint density at radius 2 is 1.65 bits per heavy atom. The number of carbonyl (C=O) groups excluding carboxylic acids is 1. The Balaban J connectivity index is 1.29. The van der Waals surface area contributed by atoms with Crippen molar-refractivity contribution in [3.63, 3.8) is 0 Å². The summed E-state index contributed by atoms with van der Waals surface area (Å²) in [7, 11) is 0. The van der Waals surface area contributed by atoms with Crippen LogP contribution in [0.3, 0.4) is 0 Å². The first-order valence-corrected chi connectivity index (χ1v) is 10.5. The van der Waals surface area contributed by atoms with Gasteiger partial charge in [0.25, 0.3) is 11.1 Å². The summed E-state index contributed by atoms with van der Waals surface area (Å²) in [6.45, 7) is 3.68. The molecule has 1 fully saturated rings. The lowest BCUT2D eigenvalue weighted by Gasteiger charge is -2.34. The second-order valence-corrected chi connectivity index (χ2v) is 7.84. The number of fused-ring (bicyclic) bond motifs is 1. The number of amides is 1. The molecule has 162 valence electrons. The maximum absolute atomic E-state index is 12.7. The quantitative estimate of drug-likeness (QED) is 0.626. The lowest BCUT2D eigenvalue weighted by Crippen LogP contribution is -2.51. The first-order chi connectivity index (χ1) is 15.0. The van der Waals surface area contributed by atoms with Crippen molar-refractivity contribution in [2.45, 2.75) is 6.54 Å². The molecule has 0 unspecified atom stereocenters. The number of rotatable bonds is 6. The molecule has 1 amide bonds. The molecule has 0 radical (unpaired) electrons. The van der Waals surface area contributed by atoms with Crippen molar-refractivity contribution < 1.29 is 9.53 Å². The largest absolute Gasteiger partial charge is 0.492 e. The monoisotopic (exact) mass is 442 g/mol. The number of nitrogens with zero attached hydrogens (tertiary/aromatic N) is 3. The molecule has 9 heteroatoms. The third-order valence-electron chi connectivity index (χ3n) is 5.39. The second kappa shape index (κ2) is 9.36. The Kier molecular flexibility index (Phi) is 6.39. The Labute approximate surface area is 183 Å². The minimum Gasteiger partial charge on any atom is -0.492 e. The maximum atomic E-state index is 12.7. The number of H-pyrrole nitrogens is 1. The highest BCUT2D eigenvalue weighted by atomic mass is 35.5. The molecule has 2 aromatic carbocycles. The van der Waals surface area contributed by atoms with Crippen molar-refractivity contribution in [2.75, 3.05) is 39.3 Å². The van der Waals surface area contributed by atoms with Crippen LogP contribution in [-0.2, 0) is 11.3 Å². The van der Waals surface area contributed by atoms with Gasteiger partial charge in [0.05, 0.1) is 10.8 Å². The van der Waals surface area contributed by atoms with Crippen LogP contribution in [0.2, 0.25) is 5.02 Å². The fourth-order valence-electron chi connectivity index (χ4n) is 3.64. The highest BCUT2D eigenvalue weighted by Gasteiger charge is 2.22. The number of nitrogens with one attached hydrogen (secondary N) is 1. The number of halogens is 1. The predicted octanol–water partition coefficient (Wildman–Crippen LogP) is 1.57. The Morgan fingerprint density at radius 3 is 2.35 bits per heavy atom. The van der Waals surface area contributed by atoms with Gasteiger partial charge in [-0.05, 0) is 36.4 Å². The van der Waals surface area contributed by atoms with Gasteiger partial charge in [-0.25, -0.2) is 4.68 Å². The predicted molar refractivity (Wildman–Crippen MR) is 119 cm³/mol. The topological polar surface area (TPSA) is 87.6 Å². The number of ether oxygens (including phenoxy) is 1. The molecule has 1 aliphatic heterocycles. The minimum absolute atomic E-state index is 0.182. The first-order valence-electron chi connectivity index (χ1n) is 10.1. The van der Waals surface area contributed by atoms with E-state index < -0.39 is 0 Å². The van der Waals surface area contributed by atoms with Gasteiger partial charge in [-0.1, -0.05) is 23.7 Å². The van der Waals surface area contributed by atoms with Crippen molar-refractivity contribution in [1.29, 1.82) is 0 Å². The van der Waals surface area contributed by atoms with Crippen LogP contribution in [0, 0.1) is 0 Å². The molecule has 3 aromatic rings. The van der Waals surface area contributed by atoms with E-state index in [1.54, 1.807) is 41.3 Å². The summed E-state index contributed by atoms with van der Waals surface area (Å²) < 4.78 is 6.82. The maximum Gasteiger partial charge on any atom is 0.273 e. The zero-order valence-corrected chi connectivity index (χ0v) is 17.7. The fraction of sp³-hybridized carbons (Fsp3) is 0.318. The van der Waals surface area contributed by atoms with E-state index in [0.29, 0.717) is 35.5 Å². The van der Waals surface area contributed by atoms with Gasteiger partial charge in [0, 0.05) is 37.7 Å². The van der Waals surface area contributed by atoms with E-state index >= 15 is 0 Å². The van der Waals surface area contributed by atoms with Crippen LogP contribution in [0.1, 0.15) is 0 Å². The van der Waals surface area contributed by atoms with Crippen LogP contribution in [-0.4, -0.2) is 64.8 Å². The highest BCUT2D eigenvalue weighted by molar-refractivity contribution is 6.30. The number of carbonyl (C=O) groups is 1. The normalized spacial score (nSPS) is 14.7. The summed E-state index contributed by atoms with van der Waals surface area (Å²) in [4.78, 5) is 41.4. The molecule has 31 heavy (non-hydrogen) atoms. The van der Waals surface area contributed by atoms with E-state index in [0.717, 1.165) is 30.1 Å². The zero-order chi connectivity index (χ0) is 21.8. The minimum atomic E-state index is -0.381. The molecule has 1 aliphatic rings. The van der Waals surface area contributed by atoms with Crippen molar-refractivity contribution in [3.8, 4) is 5.75 Å². The molecule has 0 aliphatic carbocycles. The molecule has 0 atom stereocenters. The van der Waals surface area contributed by atoms with Crippen LogP contribution in [0.4, 0.5) is 0 Å². The van der Waals surface area contributed by atoms with Crippen LogP contribution >= 0.6 is 11.6 Å². The molecule has 0 bridgehead atoms. The molecule has 4 rings (SSSR count). The summed E-state index contributed by atoms with van der Waals surface area (Å²) in [5, 5.41) is 3.81. The van der Waals surface area contributed by atoms with E-state index in [-0.39, 0.29) is 23.6 Å². The van der Waals surface area contributed by atoms with Gasteiger partial charge in [0.15, 0.2) is 0 Å². The first kappa shape index (κ1) is 21.1. The molecule has 1 N–H and O–H groups in total. The summed E-state index contributed by atoms with van der Waals surface area (Å²) in [6.07, 6.45) is 0. The smallest absolute Gasteiger partial charge is 0.273 e. The molecule has 1 aromatic heterocycles. The molecule has 0 saturated carbocycles. The van der Waals surface area contributed by atoms with Gasteiger partial charge in [0.2, 0.25) is 5.91 Å². The van der Waals surface area contributed by atoms with E-state index in [4.69, 9.17) is 16.3 Å². The number of aromatic nitrogens is 2. The van der Waals surface area contributed by atoms with Crippen molar-refractivity contribution in [2.24, 2.45) is 0 Å². The average molecular weight is 443 g/mol. The van der Waals surface area contributed by atoms with Gasteiger partial charge >= 0.3 is 0 Å². The number of benzene rings is 2. The van der Waals surface area contributed by atoms with Gasteiger partial charge in [-0.2, -0.15) is 0 Å². The standard InChI is InChI=1S/C22H23ClN4O4/c23-16-5-7-17(8-6-16)31-14-13-25-9-11-26(12-10-25)20(28)15-27-22(30)19-4-2-1-3-18(19)21(29)24-27/h1-8H,9-15H2,(H,24,29). The molecular formula is C22H23ClN4O4. The van der Waals surface area contributed by atoms with Crippen LogP contribution in [0.15, 0.2) is 58.1 Å². The SMILES string of the molecule is O=C(Cn1[nH]c(=O)c2ccccc2c1=O)N1CCN(CCOc2ccc(Cl)cc2)CC1. The number of hydrogen-bond donors (Lipinski definition) is 1. The summed E-state index contributed by atoms with van der Waals surface area (Å²) in [6, 6.07) is 13.8. The van der Waals surface area contributed by atoms with E-state index in [9.17, 15) is 14.4 Å². The fourth-order valence-corrected chi connectivity index (χ4v) is 3.76. The van der Waals surface area contributed by atoms with E-state index in [2.05, 4.69) is 10.00 Å².